The van der Waals surface area contributed by atoms with Crippen LogP contribution in [0.4, 0.5) is 0 Å². The van der Waals surface area contributed by atoms with Crippen LogP contribution in [0.2, 0.25) is 10.0 Å². The number of carbonyl (C=O) groups is 1. The zero-order chi connectivity index (χ0) is 26.8. The molecule has 9 heteroatoms. The maximum absolute atomic E-state index is 10.8. The second kappa shape index (κ2) is 11.5. The van der Waals surface area contributed by atoms with Crippen LogP contribution >= 0.6 is 23.2 Å². The number of halogens is 2. The number of nitrogens with zero attached hydrogens (tertiary/aromatic N) is 2. The lowest BCUT2D eigenvalue weighted by atomic mass is 9.95. The lowest BCUT2D eigenvalue weighted by Crippen LogP contribution is -2.24. The van der Waals surface area contributed by atoms with Crippen LogP contribution in [-0.2, 0) is 18.4 Å². The van der Waals surface area contributed by atoms with Gasteiger partial charge in [-0.05, 0) is 56.7 Å². The number of aliphatic hydroxyl groups excluding tert-OH is 1. The molecule has 0 saturated heterocycles. The third kappa shape index (κ3) is 5.76. The van der Waals surface area contributed by atoms with Crippen molar-refractivity contribution in [1.29, 1.82) is 0 Å². The first-order chi connectivity index (χ1) is 18.3. The number of carboxylic acid groups (broad SMARTS) is 1. The first kappa shape index (κ1) is 26.8. The largest absolute Gasteiger partial charge is 0.478 e. The van der Waals surface area contributed by atoms with Gasteiger partial charge in [0.1, 0.15) is 11.5 Å². The van der Waals surface area contributed by atoms with Gasteiger partial charge in [0.25, 0.3) is 0 Å². The molecule has 0 bridgehead atoms. The first-order valence-corrected chi connectivity index (χ1v) is 13.6. The van der Waals surface area contributed by atoms with Crippen LogP contribution in [0.25, 0.3) is 22.2 Å². The van der Waals surface area contributed by atoms with Crippen molar-refractivity contribution in [1.82, 2.24) is 9.72 Å². The Balaban J connectivity index is 0.000000190. The molecular weight excluding hydrogens is 527 g/mol. The van der Waals surface area contributed by atoms with E-state index in [-0.39, 0.29) is 12.2 Å². The Morgan fingerprint density at radius 3 is 2.39 bits per heavy atom. The summed E-state index contributed by atoms with van der Waals surface area (Å²) in [4.78, 5) is 10.8. The monoisotopic (exact) mass is 556 g/mol. The molecule has 2 aromatic carbocycles. The molecule has 2 aliphatic rings. The SMILES string of the molecule is Cn1cc(C(=O)O)c2ccccc21.OC1CCC(OCc2c(-c3c(Cl)cccc3Cl)noc2C2CC2)CC1. The quantitative estimate of drug-likeness (QED) is 0.260. The fourth-order valence-corrected chi connectivity index (χ4v) is 5.55. The highest BCUT2D eigenvalue weighted by molar-refractivity contribution is 6.39. The van der Waals surface area contributed by atoms with Gasteiger partial charge < -0.3 is 24.0 Å². The van der Waals surface area contributed by atoms with Gasteiger partial charge in [0.15, 0.2) is 0 Å². The third-order valence-electron chi connectivity index (χ3n) is 7.20. The van der Waals surface area contributed by atoms with Crippen molar-refractivity contribution < 1.29 is 24.3 Å². The Hall–Kier alpha value is -2.84. The molecule has 2 saturated carbocycles. The third-order valence-corrected chi connectivity index (χ3v) is 7.83. The van der Waals surface area contributed by atoms with E-state index in [0.717, 1.165) is 60.8 Å². The van der Waals surface area contributed by atoms with E-state index < -0.39 is 5.97 Å². The average Bonchev–Trinajstić information content (AvgIpc) is 3.58. The number of para-hydroxylation sites is 1. The minimum absolute atomic E-state index is 0.167. The summed E-state index contributed by atoms with van der Waals surface area (Å²) in [7, 11) is 1.84. The Morgan fingerprint density at radius 1 is 1.05 bits per heavy atom. The van der Waals surface area contributed by atoms with Crippen molar-refractivity contribution in [3.05, 3.63) is 75.6 Å². The molecule has 38 heavy (non-hydrogen) atoms. The summed E-state index contributed by atoms with van der Waals surface area (Å²) in [6, 6.07) is 12.9. The van der Waals surface area contributed by atoms with E-state index in [2.05, 4.69) is 5.16 Å². The summed E-state index contributed by atoms with van der Waals surface area (Å²) in [6.45, 7) is 0.437. The van der Waals surface area contributed by atoms with Crippen molar-refractivity contribution >= 4 is 40.1 Å². The smallest absolute Gasteiger partial charge is 0.337 e. The fourth-order valence-electron chi connectivity index (χ4n) is 4.97. The molecule has 0 spiro atoms. The number of fused-ring (bicyclic) bond motifs is 1. The van der Waals surface area contributed by atoms with Gasteiger partial charge in [0.2, 0.25) is 0 Å². The standard InChI is InChI=1S/C19H21Cl2NO3.C10H9NO2/c20-15-2-1-3-16(21)17(15)18-14(19(25-22-18)11-4-5-11)10-24-13-8-6-12(23)7-9-13;1-11-6-8(10(12)13)7-4-2-3-5-9(7)11/h1-3,11-13,23H,4-10H2;2-6H,1H3,(H,12,13). The number of ether oxygens (including phenoxy) is 1. The number of aromatic nitrogens is 2. The number of hydrogen-bond donors (Lipinski definition) is 2. The summed E-state index contributed by atoms with van der Waals surface area (Å²) in [6.07, 6.45) is 7.21. The molecule has 0 aliphatic heterocycles. The molecule has 2 aromatic heterocycles. The van der Waals surface area contributed by atoms with Gasteiger partial charge in [0, 0.05) is 41.2 Å². The van der Waals surface area contributed by atoms with Crippen LogP contribution in [0.1, 0.15) is 66.1 Å². The summed E-state index contributed by atoms with van der Waals surface area (Å²) in [5.41, 5.74) is 3.66. The number of aryl methyl sites for hydroxylation is 1. The van der Waals surface area contributed by atoms with E-state index >= 15 is 0 Å². The zero-order valence-corrected chi connectivity index (χ0v) is 22.6. The molecule has 4 aromatic rings. The summed E-state index contributed by atoms with van der Waals surface area (Å²) in [5, 5.41) is 24.7. The van der Waals surface area contributed by atoms with E-state index in [1.807, 2.05) is 41.9 Å². The molecular formula is C29H30Cl2N2O5. The van der Waals surface area contributed by atoms with Crippen molar-refractivity contribution in [3.8, 4) is 11.3 Å². The molecule has 6 rings (SSSR count). The highest BCUT2D eigenvalue weighted by Gasteiger charge is 2.34. The van der Waals surface area contributed by atoms with E-state index in [1.165, 1.54) is 0 Å². The van der Waals surface area contributed by atoms with Crippen molar-refractivity contribution in [2.45, 2.75) is 63.3 Å². The van der Waals surface area contributed by atoms with E-state index in [4.69, 9.17) is 37.6 Å². The topological polar surface area (TPSA) is 97.7 Å². The van der Waals surface area contributed by atoms with Crippen LogP contribution in [-0.4, -0.2) is 38.1 Å². The summed E-state index contributed by atoms with van der Waals surface area (Å²) in [5.74, 6) is 0.452. The molecule has 200 valence electrons. The summed E-state index contributed by atoms with van der Waals surface area (Å²) < 4.78 is 13.6. The normalized spacial score (nSPS) is 19.3. The molecule has 0 amide bonds. The first-order valence-electron chi connectivity index (χ1n) is 12.8. The minimum Gasteiger partial charge on any atom is -0.478 e. The molecule has 2 fully saturated rings. The second-order valence-corrected chi connectivity index (χ2v) is 10.8. The predicted molar refractivity (Wildman–Crippen MR) is 147 cm³/mol. The maximum atomic E-state index is 10.8. The van der Waals surface area contributed by atoms with Crippen LogP contribution in [0.15, 0.2) is 53.2 Å². The van der Waals surface area contributed by atoms with Gasteiger partial charge in [0.05, 0.1) is 34.4 Å². The lowest BCUT2D eigenvalue weighted by Gasteiger charge is -2.25. The molecule has 0 radical (unpaired) electrons. The number of rotatable bonds is 6. The minimum atomic E-state index is -0.878. The van der Waals surface area contributed by atoms with Gasteiger partial charge in [-0.1, -0.05) is 52.6 Å². The van der Waals surface area contributed by atoms with Crippen LogP contribution < -0.4 is 0 Å². The van der Waals surface area contributed by atoms with E-state index in [0.29, 0.717) is 39.4 Å². The Morgan fingerprint density at radius 2 is 1.74 bits per heavy atom. The van der Waals surface area contributed by atoms with Crippen LogP contribution in [0, 0.1) is 0 Å². The van der Waals surface area contributed by atoms with Gasteiger partial charge in [-0.25, -0.2) is 4.79 Å². The van der Waals surface area contributed by atoms with E-state index in [9.17, 15) is 9.90 Å². The van der Waals surface area contributed by atoms with Gasteiger partial charge in [-0.2, -0.15) is 0 Å². The molecule has 2 heterocycles. The highest BCUT2D eigenvalue weighted by atomic mass is 35.5. The fraction of sp³-hybridized carbons (Fsp3) is 0.379. The lowest BCUT2D eigenvalue weighted by molar-refractivity contribution is -0.0121. The highest BCUT2D eigenvalue weighted by Crippen LogP contribution is 2.46. The maximum Gasteiger partial charge on any atom is 0.337 e. The number of hydrogen-bond acceptors (Lipinski definition) is 5. The Kier molecular flexibility index (Phi) is 8.09. The number of benzene rings is 2. The van der Waals surface area contributed by atoms with Crippen LogP contribution in [0.5, 0.6) is 0 Å². The van der Waals surface area contributed by atoms with Crippen molar-refractivity contribution in [2.24, 2.45) is 7.05 Å². The Bertz CT molecular complexity index is 1410. The second-order valence-electron chi connectivity index (χ2n) is 9.96. The van der Waals surface area contributed by atoms with E-state index in [1.54, 1.807) is 18.3 Å². The molecule has 0 atom stereocenters. The van der Waals surface area contributed by atoms with Gasteiger partial charge in [-0.3, -0.25) is 0 Å². The van der Waals surface area contributed by atoms with Gasteiger partial charge >= 0.3 is 5.97 Å². The molecule has 0 unspecified atom stereocenters. The molecule has 2 aliphatic carbocycles. The summed E-state index contributed by atoms with van der Waals surface area (Å²) >= 11 is 12.7. The van der Waals surface area contributed by atoms with Gasteiger partial charge in [-0.15, -0.1) is 0 Å². The number of carboxylic acids is 1. The molecule has 2 N–H and O–H groups in total. The van der Waals surface area contributed by atoms with Crippen molar-refractivity contribution in [3.63, 3.8) is 0 Å². The number of aromatic carboxylic acids is 1. The molecule has 7 nitrogen and oxygen atoms in total. The van der Waals surface area contributed by atoms with Crippen LogP contribution in [0.3, 0.4) is 0 Å². The Labute approximate surface area is 230 Å². The van der Waals surface area contributed by atoms with Crippen molar-refractivity contribution in [2.75, 3.05) is 0 Å². The number of aliphatic hydroxyl groups is 1. The predicted octanol–water partition coefficient (Wildman–Crippen LogP) is 7.22. The zero-order valence-electron chi connectivity index (χ0n) is 21.1. The average molecular weight is 557 g/mol.